The molecule has 2 heterocycles. The van der Waals surface area contributed by atoms with E-state index in [0.29, 0.717) is 38.4 Å². The van der Waals surface area contributed by atoms with Crippen LogP contribution in [0.3, 0.4) is 0 Å². The summed E-state index contributed by atoms with van der Waals surface area (Å²) < 4.78 is 0. The van der Waals surface area contributed by atoms with Crippen molar-refractivity contribution in [1.82, 2.24) is 9.80 Å². The zero-order chi connectivity index (χ0) is 18.7. The molecule has 1 aromatic carbocycles. The van der Waals surface area contributed by atoms with Crippen LogP contribution in [0.15, 0.2) is 18.2 Å². The van der Waals surface area contributed by atoms with Crippen molar-refractivity contribution < 1.29 is 14.6 Å². The molecule has 0 aliphatic carbocycles. The summed E-state index contributed by atoms with van der Waals surface area (Å²) in [5, 5.41) is 22.1. The number of nitro groups is 2. The summed E-state index contributed by atoms with van der Waals surface area (Å²) in [7, 11) is 0. The average molecular weight is 363 g/mol. The highest BCUT2D eigenvalue weighted by atomic mass is 16.6. The number of carbonyl (C=O) groups is 1. The smallest absolute Gasteiger partial charge is 0.299 e. The Labute approximate surface area is 150 Å². The maximum absolute atomic E-state index is 12.2. The first-order valence-corrected chi connectivity index (χ1v) is 8.63. The van der Waals surface area contributed by atoms with E-state index in [-0.39, 0.29) is 17.3 Å². The van der Waals surface area contributed by atoms with Gasteiger partial charge in [-0.3, -0.25) is 29.9 Å². The van der Waals surface area contributed by atoms with Crippen LogP contribution in [0, 0.1) is 20.2 Å². The summed E-state index contributed by atoms with van der Waals surface area (Å²) in [6.07, 6.45) is 2.12. The van der Waals surface area contributed by atoms with Crippen molar-refractivity contribution in [3.8, 4) is 0 Å². The quantitative estimate of drug-likeness (QED) is 0.571. The van der Waals surface area contributed by atoms with Gasteiger partial charge in [-0.25, -0.2) is 0 Å². The lowest BCUT2D eigenvalue weighted by molar-refractivity contribution is -0.393. The second-order valence-corrected chi connectivity index (χ2v) is 6.54. The fourth-order valence-corrected chi connectivity index (χ4v) is 3.44. The number of amides is 1. The van der Waals surface area contributed by atoms with Crippen molar-refractivity contribution in [2.24, 2.45) is 0 Å². The highest BCUT2D eigenvalue weighted by Crippen LogP contribution is 2.32. The summed E-state index contributed by atoms with van der Waals surface area (Å²) in [5.74, 6) is 0.136. The number of benzene rings is 1. The Balaban J connectivity index is 1.63. The predicted molar refractivity (Wildman–Crippen MR) is 94.2 cm³/mol. The number of anilines is 1. The number of hydrogen-bond donors (Lipinski definition) is 0. The number of likely N-dealkylation sites (tertiary alicyclic amines) is 1. The van der Waals surface area contributed by atoms with E-state index >= 15 is 0 Å². The number of carbonyl (C=O) groups excluding carboxylic acids is 1. The van der Waals surface area contributed by atoms with Crippen molar-refractivity contribution in [3.63, 3.8) is 0 Å². The van der Waals surface area contributed by atoms with Gasteiger partial charge in [-0.05, 0) is 18.9 Å². The van der Waals surface area contributed by atoms with Gasteiger partial charge in [-0.1, -0.05) is 0 Å². The van der Waals surface area contributed by atoms with Crippen LogP contribution in [0.5, 0.6) is 0 Å². The van der Waals surface area contributed by atoms with Gasteiger partial charge in [0.15, 0.2) is 0 Å². The second-order valence-electron chi connectivity index (χ2n) is 6.54. The Kier molecular flexibility index (Phi) is 5.31. The predicted octanol–water partition coefficient (Wildman–Crippen LogP) is 1.25. The summed E-state index contributed by atoms with van der Waals surface area (Å²) in [5.41, 5.74) is -0.179. The zero-order valence-corrected chi connectivity index (χ0v) is 14.4. The van der Waals surface area contributed by atoms with Crippen LogP contribution in [0.25, 0.3) is 0 Å². The van der Waals surface area contributed by atoms with Gasteiger partial charge >= 0.3 is 0 Å². The molecule has 0 atom stereocenters. The largest absolute Gasteiger partial charge is 0.363 e. The Morgan fingerprint density at radius 2 is 1.62 bits per heavy atom. The van der Waals surface area contributed by atoms with Crippen molar-refractivity contribution in [2.45, 2.75) is 12.8 Å². The maximum Gasteiger partial charge on any atom is 0.299 e. The standard InChI is InChI=1S/C16H21N5O5/c22-16(19-5-1-2-6-19)12-17-7-9-18(10-8-17)14-4-3-13(20(23)24)11-15(14)21(25)26/h3-4,11H,1-2,5-10,12H2. The zero-order valence-electron chi connectivity index (χ0n) is 14.4. The molecule has 1 amide bonds. The number of rotatable bonds is 5. The molecular formula is C16H21N5O5. The molecule has 0 saturated carbocycles. The van der Waals surface area contributed by atoms with Gasteiger partial charge in [-0.2, -0.15) is 0 Å². The molecule has 2 aliphatic rings. The summed E-state index contributed by atoms with van der Waals surface area (Å²) >= 11 is 0. The molecule has 0 N–H and O–H groups in total. The summed E-state index contributed by atoms with van der Waals surface area (Å²) in [4.78, 5) is 38.9. The van der Waals surface area contributed by atoms with E-state index in [1.54, 1.807) is 0 Å². The molecule has 26 heavy (non-hydrogen) atoms. The lowest BCUT2D eigenvalue weighted by atomic mass is 10.2. The number of piperazine rings is 1. The fraction of sp³-hybridized carbons (Fsp3) is 0.562. The third kappa shape index (κ3) is 3.90. The van der Waals surface area contributed by atoms with Crippen LogP contribution in [-0.4, -0.2) is 71.4 Å². The minimum absolute atomic E-state index is 0.136. The van der Waals surface area contributed by atoms with Crippen LogP contribution in [0.2, 0.25) is 0 Å². The molecule has 0 radical (unpaired) electrons. The van der Waals surface area contributed by atoms with Gasteiger partial charge in [0.25, 0.3) is 11.4 Å². The number of hydrogen-bond acceptors (Lipinski definition) is 7. The van der Waals surface area contributed by atoms with E-state index in [0.717, 1.165) is 32.0 Å². The Hall–Kier alpha value is -2.75. The van der Waals surface area contributed by atoms with Crippen LogP contribution >= 0.6 is 0 Å². The molecule has 140 valence electrons. The minimum Gasteiger partial charge on any atom is -0.363 e. The average Bonchev–Trinajstić information content (AvgIpc) is 3.16. The molecule has 0 unspecified atom stereocenters. The normalized spacial score (nSPS) is 18.2. The first-order chi connectivity index (χ1) is 12.5. The second kappa shape index (κ2) is 7.65. The first kappa shape index (κ1) is 18.1. The van der Waals surface area contributed by atoms with Gasteiger partial charge in [-0.15, -0.1) is 0 Å². The van der Waals surface area contributed by atoms with Crippen LogP contribution in [-0.2, 0) is 4.79 Å². The van der Waals surface area contributed by atoms with Crippen molar-refractivity contribution in [2.75, 3.05) is 50.7 Å². The SMILES string of the molecule is O=C(CN1CCN(c2ccc([N+](=O)[O-])cc2[N+](=O)[O-])CC1)N1CCCC1. The molecule has 2 saturated heterocycles. The summed E-state index contributed by atoms with van der Waals surface area (Å²) in [6, 6.07) is 3.71. The Morgan fingerprint density at radius 1 is 0.962 bits per heavy atom. The van der Waals surface area contributed by atoms with E-state index in [1.807, 2.05) is 14.7 Å². The van der Waals surface area contributed by atoms with Gasteiger partial charge in [0, 0.05) is 45.3 Å². The van der Waals surface area contributed by atoms with Gasteiger partial charge < -0.3 is 9.80 Å². The first-order valence-electron chi connectivity index (χ1n) is 8.63. The molecule has 3 rings (SSSR count). The third-order valence-electron chi connectivity index (χ3n) is 4.90. The van der Waals surface area contributed by atoms with Crippen LogP contribution in [0.4, 0.5) is 17.1 Å². The third-order valence-corrected chi connectivity index (χ3v) is 4.90. The number of non-ortho nitro benzene ring substituents is 1. The molecular weight excluding hydrogens is 342 g/mol. The molecule has 10 heteroatoms. The van der Waals surface area contributed by atoms with Crippen molar-refractivity contribution in [1.29, 1.82) is 0 Å². The lowest BCUT2D eigenvalue weighted by Crippen LogP contribution is -2.50. The molecule has 0 aromatic heterocycles. The fourth-order valence-electron chi connectivity index (χ4n) is 3.44. The molecule has 0 spiro atoms. The summed E-state index contributed by atoms with van der Waals surface area (Å²) in [6.45, 7) is 4.33. The molecule has 0 bridgehead atoms. The number of nitrogens with zero attached hydrogens (tertiary/aromatic N) is 5. The molecule has 10 nitrogen and oxygen atoms in total. The van der Waals surface area contributed by atoms with Crippen LogP contribution < -0.4 is 4.90 Å². The van der Waals surface area contributed by atoms with Crippen molar-refractivity contribution >= 4 is 23.0 Å². The molecule has 1 aromatic rings. The van der Waals surface area contributed by atoms with Crippen LogP contribution in [0.1, 0.15) is 12.8 Å². The van der Waals surface area contributed by atoms with Crippen molar-refractivity contribution in [3.05, 3.63) is 38.4 Å². The van der Waals surface area contributed by atoms with E-state index in [1.165, 1.54) is 12.1 Å². The molecule has 2 fully saturated rings. The molecule has 2 aliphatic heterocycles. The Morgan fingerprint density at radius 3 is 2.19 bits per heavy atom. The number of nitro benzene ring substituents is 2. The minimum atomic E-state index is -0.640. The lowest BCUT2D eigenvalue weighted by Gasteiger charge is -2.35. The topological polar surface area (TPSA) is 113 Å². The van der Waals surface area contributed by atoms with E-state index in [9.17, 15) is 25.0 Å². The Bertz CT molecular complexity index is 711. The van der Waals surface area contributed by atoms with Gasteiger partial charge in [0.2, 0.25) is 5.91 Å². The van der Waals surface area contributed by atoms with E-state index < -0.39 is 9.85 Å². The van der Waals surface area contributed by atoms with Gasteiger partial charge in [0.1, 0.15) is 5.69 Å². The van der Waals surface area contributed by atoms with E-state index in [2.05, 4.69) is 0 Å². The monoisotopic (exact) mass is 363 g/mol. The highest BCUT2D eigenvalue weighted by Gasteiger charge is 2.28. The van der Waals surface area contributed by atoms with Gasteiger partial charge in [0.05, 0.1) is 22.5 Å². The highest BCUT2D eigenvalue weighted by molar-refractivity contribution is 5.78. The van der Waals surface area contributed by atoms with E-state index in [4.69, 9.17) is 0 Å². The maximum atomic E-state index is 12.2.